The van der Waals surface area contributed by atoms with Crippen molar-refractivity contribution in [1.29, 1.82) is 0 Å². The molecule has 1 rings (SSSR count). The molecular formula is C13H17NO5. The average Bonchev–Trinajstić information content (AvgIpc) is 2.39. The van der Waals surface area contributed by atoms with Gasteiger partial charge < -0.3 is 10.4 Å². The van der Waals surface area contributed by atoms with E-state index in [1.165, 1.54) is 18.2 Å². The van der Waals surface area contributed by atoms with Crippen LogP contribution in [0, 0.1) is 0 Å². The molecule has 0 aliphatic rings. The summed E-state index contributed by atoms with van der Waals surface area (Å²) < 4.78 is 0. The lowest BCUT2D eigenvalue weighted by Gasteiger charge is -2.09. The summed E-state index contributed by atoms with van der Waals surface area (Å²) in [6.45, 7) is 2.33. The van der Waals surface area contributed by atoms with Gasteiger partial charge in [0, 0.05) is 12.1 Å². The van der Waals surface area contributed by atoms with Crippen LogP contribution < -0.4 is 5.32 Å². The molecule has 0 radical (unpaired) electrons. The predicted molar refractivity (Wildman–Crippen MR) is 68.1 cm³/mol. The Bertz CT molecular complexity index is 458. The van der Waals surface area contributed by atoms with Crippen LogP contribution in [-0.2, 0) is 11.5 Å². The molecule has 1 aromatic carbocycles. The van der Waals surface area contributed by atoms with Crippen LogP contribution in [-0.4, -0.2) is 28.8 Å². The van der Waals surface area contributed by atoms with Gasteiger partial charge in [-0.3, -0.25) is 10.1 Å². The zero-order chi connectivity index (χ0) is 14.3. The molecule has 3 N–H and O–H groups in total. The number of amides is 1. The largest absolute Gasteiger partial charge is 0.478 e. The molecule has 0 bridgehead atoms. The Morgan fingerprint density at radius 3 is 2.68 bits per heavy atom. The van der Waals surface area contributed by atoms with E-state index in [-0.39, 0.29) is 18.1 Å². The summed E-state index contributed by atoms with van der Waals surface area (Å²) in [5, 5.41) is 20.1. The first-order chi connectivity index (χ1) is 9.10. The number of unbranched alkanes of at least 4 members (excludes halogenated alkanes) is 1. The number of carboxylic acid groups (broad SMARTS) is 1. The predicted octanol–water partition coefficient (Wildman–Crippen LogP) is 1.90. The van der Waals surface area contributed by atoms with Crippen LogP contribution in [0.1, 0.15) is 46.0 Å². The second kappa shape index (κ2) is 7.50. The average molecular weight is 267 g/mol. The summed E-state index contributed by atoms with van der Waals surface area (Å²) in [5.41, 5.74) is 0.670. The minimum absolute atomic E-state index is 0.0390. The Morgan fingerprint density at radius 2 is 2.11 bits per heavy atom. The minimum atomic E-state index is -1.10. The molecule has 19 heavy (non-hydrogen) atoms. The summed E-state index contributed by atoms with van der Waals surface area (Å²) in [6, 6.07) is 4.07. The highest BCUT2D eigenvalue weighted by Crippen LogP contribution is 2.13. The molecule has 0 aliphatic carbocycles. The molecule has 0 heterocycles. The van der Waals surface area contributed by atoms with Crippen LogP contribution in [0.15, 0.2) is 18.2 Å². The first-order valence-electron chi connectivity index (χ1n) is 6.01. The maximum Gasteiger partial charge on any atom is 0.335 e. The monoisotopic (exact) mass is 267 g/mol. The molecule has 6 heteroatoms. The van der Waals surface area contributed by atoms with E-state index in [9.17, 15) is 9.59 Å². The molecule has 104 valence electrons. The molecule has 0 fully saturated rings. The fourth-order valence-corrected chi connectivity index (χ4v) is 1.61. The lowest BCUT2D eigenvalue weighted by atomic mass is 10.0. The van der Waals surface area contributed by atoms with Crippen molar-refractivity contribution in [2.75, 3.05) is 6.54 Å². The SMILES string of the molecule is CCCCNC(=O)c1ccc(C(=O)O)cc1COO. The van der Waals surface area contributed by atoms with Crippen molar-refractivity contribution in [3.63, 3.8) is 0 Å². The van der Waals surface area contributed by atoms with E-state index < -0.39 is 5.97 Å². The third kappa shape index (κ3) is 4.35. The maximum atomic E-state index is 11.9. The Morgan fingerprint density at radius 1 is 1.37 bits per heavy atom. The quantitative estimate of drug-likeness (QED) is 0.398. The zero-order valence-electron chi connectivity index (χ0n) is 10.7. The van der Waals surface area contributed by atoms with Crippen molar-refractivity contribution in [3.05, 3.63) is 34.9 Å². The molecule has 1 aromatic rings. The van der Waals surface area contributed by atoms with Gasteiger partial charge in [0.25, 0.3) is 5.91 Å². The Hall–Kier alpha value is -1.92. The summed E-state index contributed by atoms with van der Waals surface area (Å²) >= 11 is 0. The van der Waals surface area contributed by atoms with Crippen LogP contribution in [0.2, 0.25) is 0 Å². The molecule has 0 saturated carbocycles. The topological polar surface area (TPSA) is 95.9 Å². The van der Waals surface area contributed by atoms with Crippen molar-refractivity contribution in [2.45, 2.75) is 26.4 Å². The van der Waals surface area contributed by atoms with E-state index in [2.05, 4.69) is 10.2 Å². The highest BCUT2D eigenvalue weighted by molar-refractivity contribution is 5.97. The van der Waals surface area contributed by atoms with Crippen molar-refractivity contribution in [2.24, 2.45) is 0 Å². The van der Waals surface area contributed by atoms with E-state index in [0.29, 0.717) is 17.7 Å². The van der Waals surface area contributed by atoms with Gasteiger partial charge in [0.1, 0.15) is 6.61 Å². The van der Waals surface area contributed by atoms with Gasteiger partial charge in [-0.1, -0.05) is 13.3 Å². The standard InChI is InChI=1S/C13H17NO5/c1-2-3-6-14-12(15)11-5-4-9(13(16)17)7-10(11)8-19-18/h4-5,7,18H,2-3,6,8H2,1H3,(H,14,15)(H,16,17). The lowest BCUT2D eigenvalue weighted by molar-refractivity contribution is -0.253. The number of carbonyl (C=O) groups is 2. The lowest BCUT2D eigenvalue weighted by Crippen LogP contribution is -2.25. The second-order valence-electron chi connectivity index (χ2n) is 4.06. The number of hydrogen-bond donors (Lipinski definition) is 3. The summed E-state index contributed by atoms with van der Waals surface area (Å²) in [6.07, 6.45) is 1.83. The highest BCUT2D eigenvalue weighted by atomic mass is 17.1. The van der Waals surface area contributed by atoms with Gasteiger partial charge in [0.15, 0.2) is 0 Å². The van der Waals surface area contributed by atoms with Crippen LogP contribution in [0.3, 0.4) is 0 Å². The van der Waals surface area contributed by atoms with Crippen LogP contribution in [0.25, 0.3) is 0 Å². The number of rotatable bonds is 7. The third-order valence-corrected chi connectivity index (χ3v) is 2.63. The minimum Gasteiger partial charge on any atom is -0.478 e. The number of nitrogens with one attached hydrogen (secondary N) is 1. The number of carboxylic acids is 1. The normalized spacial score (nSPS) is 10.2. The van der Waals surface area contributed by atoms with E-state index >= 15 is 0 Å². The van der Waals surface area contributed by atoms with Gasteiger partial charge in [-0.2, -0.15) is 0 Å². The number of aromatic carboxylic acids is 1. The number of carbonyl (C=O) groups excluding carboxylic acids is 1. The molecule has 0 aliphatic heterocycles. The summed E-state index contributed by atoms with van der Waals surface area (Å²) in [7, 11) is 0. The van der Waals surface area contributed by atoms with Gasteiger partial charge >= 0.3 is 5.97 Å². The second-order valence-corrected chi connectivity index (χ2v) is 4.06. The smallest absolute Gasteiger partial charge is 0.335 e. The van der Waals surface area contributed by atoms with Gasteiger partial charge in [-0.25, -0.2) is 9.68 Å². The molecular weight excluding hydrogens is 250 g/mol. The fourth-order valence-electron chi connectivity index (χ4n) is 1.61. The molecule has 0 atom stereocenters. The molecule has 0 saturated heterocycles. The van der Waals surface area contributed by atoms with Crippen molar-refractivity contribution in [1.82, 2.24) is 5.32 Å². The highest BCUT2D eigenvalue weighted by Gasteiger charge is 2.14. The maximum absolute atomic E-state index is 11.9. The van der Waals surface area contributed by atoms with E-state index in [1.807, 2.05) is 6.92 Å². The number of hydrogen-bond acceptors (Lipinski definition) is 4. The first kappa shape index (κ1) is 15.1. The molecule has 0 aromatic heterocycles. The molecule has 0 unspecified atom stereocenters. The van der Waals surface area contributed by atoms with Crippen LogP contribution in [0.4, 0.5) is 0 Å². The summed E-state index contributed by atoms with van der Waals surface area (Å²) in [5.74, 6) is -1.41. The van der Waals surface area contributed by atoms with Gasteiger partial charge in [0.2, 0.25) is 0 Å². The van der Waals surface area contributed by atoms with E-state index in [4.69, 9.17) is 10.4 Å². The first-order valence-corrected chi connectivity index (χ1v) is 6.01. The van der Waals surface area contributed by atoms with Crippen LogP contribution >= 0.6 is 0 Å². The van der Waals surface area contributed by atoms with Crippen molar-refractivity contribution < 1.29 is 24.8 Å². The fraction of sp³-hybridized carbons (Fsp3) is 0.385. The van der Waals surface area contributed by atoms with Gasteiger partial charge in [-0.05, 0) is 30.2 Å². The third-order valence-electron chi connectivity index (χ3n) is 2.63. The van der Waals surface area contributed by atoms with Gasteiger partial charge in [-0.15, -0.1) is 0 Å². The Labute approximate surface area is 110 Å². The van der Waals surface area contributed by atoms with Crippen molar-refractivity contribution in [3.8, 4) is 0 Å². The summed E-state index contributed by atoms with van der Waals surface area (Å²) in [4.78, 5) is 26.8. The zero-order valence-corrected chi connectivity index (χ0v) is 10.7. The van der Waals surface area contributed by atoms with E-state index in [1.54, 1.807) is 0 Å². The molecule has 0 spiro atoms. The molecule has 6 nitrogen and oxygen atoms in total. The van der Waals surface area contributed by atoms with Crippen LogP contribution in [0.5, 0.6) is 0 Å². The molecule has 1 amide bonds. The van der Waals surface area contributed by atoms with E-state index in [0.717, 1.165) is 12.8 Å². The van der Waals surface area contributed by atoms with Gasteiger partial charge in [0.05, 0.1) is 5.56 Å². The Balaban J connectivity index is 2.92. The van der Waals surface area contributed by atoms with Crippen molar-refractivity contribution >= 4 is 11.9 Å². The Kier molecular flexibility index (Phi) is 5.98. The number of benzene rings is 1.